The quantitative estimate of drug-likeness (QED) is 0.858. The molecule has 0 amide bonds. The summed E-state index contributed by atoms with van der Waals surface area (Å²) in [6.45, 7) is 2.98. The predicted octanol–water partition coefficient (Wildman–Crippen LogP) is 2.07. The van der Waals surface area contributed by atoms with Gasteiger partial charge < -0.3 is 14.3 Å². The molecular weight excluding hydrogens is 210 g/mol. The van der Waals surface area contributed by atoms with E-state index in [1.165, 1.54) is 20.2 Å². The number of benzene rings is 1. The molecule has 84 valence electrons. The number of nitrogens with zero attached hydrogens (tertiary/aromatic N) is 1. The summed E-state index contributed by atoms with van der Waals surface area (Å²) in [5.41, 5.74) is 0.0106. The van der Waals surface area contributed by atoms with Crippen molar-refractivity contribution in [2.24, 2.45) is 0 Å². The zero-order chi connectivity index (χ0) is 11.8. The molecule has 0 radical (unpaired) electrons. The second-order valence-electron chi connectivity index (χ2n) is 3.90. The molecule has 0 aliphatic carbocycles. The van der Waals surface area contributed by atoms with Crippen LogP contribution in [-0.2, 0) is 4.79 Å². The first-order chi connectivity index (χ1) is 7.49. The van der Waals surface area contributed by atoms with Crippen LogP contribution >= 0.6 is 0 Å². The molecule has 0 bridgehead atoms. The molecule has 0 saturated carbocycles. The van der Waals surface area contributed by atoms with Crippen molar-refractivity contribution in [1.29, 1.82) is 0 Å². The second-order valence-corrected chi connectivity index (χ2v) is 3.90. The second kappa shape index (κ2) is 3.52. The smallest absolute Gasteiger partial charge is 0.347 e. The number of carboxylic acids is 1. The lowest BCUT2D eigenvalue weighted by Crippen LogP contribution is -2.37. The zero-order valence-electron chi connectivity index (χ0n) is 8.93. The third-order valence-corrected chi connectivity index (χ3v) is 2.19. The van der Waals surface area contributed by atoms with Crippen molar-refractivity contribution in [3.8, 4) is 5.75 Å². The zero-order valence-corrected chi connectivity index (χ0v) is 8.93. The first-order valence-electron chi connectivity index (χ1n) is 4.75. The Bertz CT molecular complexity index is 530. The van der Waals surface area contributed by atoms with Crippen molar-refractivity contribution >= 4 is 17.1 Å². The van der Waals surface area contributed by atoms with Crippen LogP contribution in [0.25, 0.3) is 11.1 Å². The van der Waals surface area contributed by atoms with Gasteiger partial charge in [-0.05, 0) is 26.0 Å². The number of hydrogen-bond acceptors (Lipinski definition) is 4. The SMILES string of the molecule is CC(C)(Oc1ccc2ocnc2c1)C(=O)O. The lowest BCUT2D eigenvalue weighted by atomic mass is 10.1. The fourth-order valence-electron chi connectivity index (χ4n) is 1.24. The van der Waals surface area contributed by atoms with Gasteiger partial charge in [-0.25, -0.2) is 9.78 Å². The van der Waals surface area contributed by atoms with Crippen molar-refractivity contribution in [2.45, 2.75) is 19.4 Å². The highest BCUT2D eigenvalue weighted by molar-refractivity contribution is 5.77. The van der Waals surface area contributed by atoms with Crippen LogP contribution in [-0.4, -0.2) is 21.7 Å². The van der Waals surface area contributed by atoms with E-state index in [0.29, 0.717) is 16.8 Å². The van der Waals surface area contributed by atoms with Gasteiger partial charge in [-0.1, -0.05) is 0 Å². The minimum Gasteiger partial charge on any atom is -0.478 e. The van der Waals surface area contributed by atoms with Gasteiger partial charge in [0, 0.05) is 6.07 Å². The largest absolute Gasteiger partial charge is 0.478 e. The van der Waals surface area contributed by atoms with E-state index in [9.17, 15) is 4.79 Å². The Labute approximate surface area is 91.7 Å². The third kappa shape index (κ3) is 1.84. The minimum absolute atomic E-state index is 0.453. The fraction of sp³-hybridized carbons (Fsp3) is 0.273. The van der Waals surface area contributed by atoms with Gasteiger partial charge in [0.2, 0.25) is 0 Å². The summed E-state index contributed by atoms with van der Waals surface area (Å²) < 4.78 is 10.4. The summed E-state index contributed by atoms with van der Waals surface area (Å²) in [5.74, 6) is -0.568. The molecule has 5 nitrogen and oxygen atoms in total. The number of rotatable bonds is 3. The Kier molecular flexibility index (Phi) is 2.30. The van der Waals surface area contributed by atoms with Crippen LogP contribution in [0.2, 0.25) is 0 Å². The van der Waals surface area contributed by atoms with E-state index in [1.807, 2.05) is 0 Å². The number of carboxylic acid groups (broad SMARTS) is 1. The standard InChI is InChI=1S/C11H11NO4/c1-11(2,10(13)14)16-7-3-4-9-8(5-7)12-6-15-9/h3-6H,1-2H3,(H,13,14). The molecule has 0 aliphatic heterocycles. The molecule has 0 aliphatic rings. The highest BCUT2D eigenvalue weighted by Crippen LogP contribution is 2.23. The van der Waals surface area contributed by atoms with Gasteiger partial charge in [0.25, 0.3) is 0 Å². The van der Waals surface area contributed by atoms with Crippen LogP contribution in [0.15, 0.2) is 29.0 Å². The Morgan fingerprint density at radius 2 is 2.25 bits per heavy atom. The topological polar surface area (TPSA) is 72.6 Å². The molecule has 16 heavy (non-hydrogen) atoms. The maximum atomic E-state index is 10.9. The Balaban J connectivity index is 2.30. The number of fused-ring (bicyclic) bond motifs is 1. The van der Waals surface area contributed by atoms with E-state index in [0.717, 1.165) is 0 Å². The molecule has 2 aromatic rings. The van der Waals surface area contributed by atoms with Gasteiger partial charge in [0.05, 0.1) is 0 Å². The van der Waals surface area contributed by atoms with Crippen molar-refractivity contribution in [2.75, 3.05) is 0 Å². The van der Waals surface area contributed by atoms with E-state index in [2.05, 4.69) is 4.98 Å². The summed E-state index contributed by atoms with van der Waals surface area (Å²) in [6.07, 6.45) is 1.33. The maximum Gasteiger partial charge on any atom is 0.347 e. The van der Waals surface area contributed by atoms with E-state index < -0.39 is 11.6 Å². The van der Waals surface area contributed by atoms with Crippen LogP contribution in [0.5, 0.6) is 5.75 Å². The van der Waals surface area contributed by atoms with Gasteiger partial charge in [0.15, 0.2) is 17.6 Å². The Morgan fingerprint density at radius 1 is 1.50 bits per heavy atom. The summed E-state index contributed by atoms with van der Waals surface area (Å²) >= 11 is 0. The first-order valence-corrected chi connectivity index (χ1v) is 4.75. The van der Waals surface area contributed by atoms with Crippen LogP contribution in [0.4, 0.5) is 0 Å². The molecule has 0 fully saturated rings. The molecule has 1 aromatic carbocycles. The van der Waals surface area contributed by atoms with Crippen LogP contribution < -0.4 is 4.74 Å². The van der Waals surface area contributed by atoms with E-state index >= 15 is 0 Å². The first kappa shape index (κ1) is 10.5. The fourth-order valence-corrected chi connectivity index (χ4v) is 1.24. The Morgan fingerprint density at radius 3 is 2.94 bits per heavy atom. The number of aromatic nitrogens is 1. The molecule has 0 saturated heterocycles. The lowest BCUT2D eigenvalue weighted by Gasteiger charge is -2.21. The highest BCUT2D eigenvalue weighted by Gasteiger charge is 2.29. The molecule has 0 atom stereocenters. The number of carbonyl (C=O) groups is 1. The van der Waals surface area contributed by atoms with E-state index in [-0.39, 0.29) is 0 Å². The highest BCUT2D eigenvalue weighted by atomic mass is 16.5. The molecule has 0 unspecified atom stereocenters. The summed E-state index contributed by atoms with van der Waals surface area (Å²) in [6, 6.07) is 4.98. The summed E-state index contributed by atoms with van der Waals surface area (Å²) in [4.78, 5) is 14.8. The van der Waals surface area contributed by atoms with Crippen molar-refractivity contribution < 1.29 is 19.1 Å². The van der Waals surface area contributed by atoms with Crippen molar-refractivity contribution in [1.82, 2.24) is 4.98 Å². The average Bonchev–Trinajstić information content (AvgIpc) is 2.63. The summed E-state index contributed by atoms with van der Waals surface area (Å²) in [7, 11) is 0. The third-order valence-electron chi connectivity index (χ3n) is 2.19. The maximum absolute atomic E-state index is 10.9. The molecule has 1 aromatic heterocycles. The molecular formula is C11H11NO4. The molecule has 0 spiro atoms. The van der Waals surface area contributed by atoms with Gasteiger partial charge in [-0.15, -0.1) is 0 Å². The normalized spacial score (nSPS) is 11.6. The van der Waals surface area contributed by atoms with E-state index in [4.69, 9.17) is 14.3 Å². The van der Waals surface area contributed by atoms with Gasteiger partial charge >= 0.3 is 5.97 Å². The number of aliphatic carboxylic acids is 1. The van der Waals surface area contributed by atoms with Crippen LogP contribution in [0.1, 0.15) is 13.8 Å². The van der Waals surface area contributed by atoms with Crippen LogP contribution in [0, 0.1) is 0 Å². The van der Waals surface area contributed by atoms with Crippen molar-refractivity contribution in [3.63, 3.8) is 0 Å². The molecule has 2 rings (SSSR count). The number of hydrogen-bond donors (Lipinski definition) is 1. The lowest BCUT2D eigenvalue weighted by molar-refractivity contribution is -0.152. The van der Waals surface area contributed by atoms with E-state index in [1.54, 1.807) is 18.2 Å². The minimum atomic E-state index is -1.27. The average molecular weight is 221 g/mol. The van der Waals surface area contributed by atoms with Crippen molar-refractivity contribution in [3.05, 3.63) is 24.6 Å². The predicted molar refractivity (Wildman–Crippen MR) is 56.4 cm³/mol. The monoisotopic (exact) mass is 221 g/mol. The molecule has 5 heteroatoms. The molecule has 1 heterocycles. The van der Waals surface area contributed by atoms with Gasteiger partial charge in [-0.2, -0.15) is 0 Å². The van der Waals surface area contributed by atoms with Crippen LogP contribution in [0.3, 0.4) is 0 Å². The number of ether oxygens (including phenoxy) is 1. The summed E-state index contributed by atoms with van der Waals surface area (Å²) in [5, 5.41) is 8.92. The van der Waals surface area contributed by atoms with Gasteiger partial charge in [-0.3, -0.25) is 0 Å². The Hall–Kier alpha value is -2.04. The molecule has 1 N–H and O–H groups in total. The van der Waals surface area contributed by atoms with Gasteiger partial charge in [0.1, 0.15) is 11.3 Å². The number of oxazole rings is 1.